The van der Waals surface area contributed by atoms with Crippen LogP contribution < -0.4 is 90.4 Å². The summed E-state index contributed by atoms with van der Waals surface area (Å²) in [5, 5.41) is 89.5. The van der Waals surface area contributed by atoms with Crippen LogP contribution in [0.2, 0.25) is 0 Å². The summed E-state index contributed by atoms with van der Waals surface area (Å²) in [6.45, 7) is 8.91. The first-order valence-electron chi connectivity index (χ1n) is 33.7. The van der Waals surface area contributed by atoms with Gasteiger partial charge in [0.1, 0.15) is 84.3 Å². The number of rotatable bonds is 46. The van der Waals surface area contributed by atoms with E-state index in [1.54, 1.807) is 13.8 Å². The van der Waals surface area contributed by atoms with Gasteiger partial charge < -0.3 is 116 Å². The van der Waals surface area contributed by atoms with E-state index in [1.807, 2.05) is 0 Å². The largest absolute Gasteiger partial charge is 0.508 e. The third-order valence-electron chi connectivity index (χ3n) is 16.2. The number of nitrogens with one attached hydrogen (secondary N) is 17. The zero-order chi connectivity index (χ0) is 81.1. The van der Waals surface area contributed by atoms with E-state index in [4.69, 9.17) is 5.11 Å². The zero-order valence-corrected chi connectivity index (χ0v) is 63.5. The first-order valence-corrected chi connectivity index (χ1v) is 36.3. The van der Waals surface area contributed by atoms with Crippen LogP contribution in [0.1, 0.15) is 93.1 Å². The first kappa shape index (κ1) is 93.8. The number of amides is 16. The van der Waals surface area contributed by atoms with Crippen LogP contribution in [-0.4, -0.2) is 278 Å². The second-order valence-corrected chi connectivity index (χ2v) is 26.4. The average Bonchev–Trinajstić information content (AvgIpc) is 1.27. The van der Waals surface area contributed by atoms with Crippen molar-refractivity contribution >= 4 is 157 Å². The number of phenols is 1. The summed E-state index contributed by atoms with van der Waals surface area (Å²) >= 11 is 16.2. The number of hydrogen-bond acceptors (Lipinski definition) is 26. The van der Waals surface area contributed by atoms with Crippen molar-refractivity contribution in [2.45, 2.75) is 191 Å². The SMILES string of the molecule is CC[C@H](C)[C@H](NC(=O)[C@H](CCC(=O)O)NC(=O)[C@H](CS)NC(=O)[C@@H](NC(=O)CNC(=O)[C@@H]1CCCN1)[C@@H](C)O)C(=O)NCC(=O)N[C@@H](CS)C(=O)N[C@@H](C)C(=O)N[C@@H](C)C(=O)N[C@@H](Cc1ccc(O)cc1)C(=O)N[C@@H](C)C(=O)N[C@@H](C)C(=O)N[C@@H](CS)C(=O)N[C@H](C(=O)NCC(=O)N[C@@H](CS)C(=O)O)[C@@H](C)O. The first-order chi connectivity index (χ1) is 50.2. The summed E-state index contributed by atoms with van der Waals surface area (Å²) in [6, 6.07) is -14.6. The van der Waals surface area contributed by atoms with E-state index in [0.29, 0.717) is 18.5 Å². The van der Waals surface area contributed by atoms with Crippen molar-refractivity contribution in [2.75, 3.05) is 49.2 Å². The molecule has 2 rings (SSSR count). The Kier molecular flexibility index (Phi) is 41.6. The van der Waals surface area contributed by atoms with Gasteiger partial charge in [0.05, 0.1) is 37.9 Å². The van der Waals surface area contributed by atoms with E-state index in [1.165, 1.54) is 58.9 Å². The highest BCUT2D eigenvalue weighted by molar-refractivity contribution is 7.80. The molecule has 0 radical (unpaired) electrons. The van der Waals surface area contributed by atoms with Gasteiger partial charge in [-0.3, -0.25) is 81.5 Å². The van der Waals surface area contributed by atoms with E-state index in [2.05, 4.69) is 141 Å². The van der Waals surface area contributed by atoms with E-state index in [0.717, 1.165) is 13.3 Å². The minimum Gasteiger partial charge on any atom is -0.508 e. The van der Waals surface area contributed by atoms with Gasteiger partial charge in [-0.05, 0) is 91.0 Å². The molecular formula is C63H99N17O23S4. The van der Waals surface area contributed by atoms with Crippen molar-refractivity contribution in [1.82, 2.24) is 90.4 Å². The van der Waals surface area contributed by atoms with Gasteiger partial charge in [-0.1, -0.05) is 32.4 Å². The standard InChI is InChI=1S/C63H99N17O23S4/c1-9-27(2)47(79-55(94)37(16-17-46(87)88)74-58(97)40(24-105)77-62(101)49(33(8)82)78-45(86)22-65-54(93)36-11-10-18-64-36)60(99)66-20-43(84)72-39(23-104)57(96)71-29(4)51(90)68-30(5)52(91)75-38(19-34-12-14-35(83)15-13-34)56(95)70-28(3)50(89)69-31(6)53(92)76-41(25-106)59(98)80-48(32(7)81)61(100)67-21-44(85)73-42(26-107)63(102)103/h12-15,27-33,36-42,47-49,64,81-83,104-107H,9-11,16-26H2,1-8H3,(H,65,93)(H,66,99)(H,67,100)(H,68,90)(H,69,89)(H,70,95)(H,71,96)(H,72,84)(H,73,85)(H,74,97)(H,75,91)(H,76,92)(H,77,101)(H,78,86)(H,79,94)(H,80,98)(H,87,88)(H,102,103)/t27-,28-,29-,30-,31-,32+,33+,36-,37-,38-,39-,40-,41-,42-,47-,48-,49-/m0/s1. The number of aromatic hydroxyl groups is 1. The van der Waals surface area contributed by atoms with Crippen molar-refractivity contribution in [3.05, 3.63) is 29.8 Å². The molecule has 107 heavy (non-hydrogen) atoms. The molecule has 0 unspecified atom stereocenters. The van der Waals surface area contributed by atoms with E-state index in [9.17, 15) is 107 Å². The Morgan fingerprint density at radius 1 is 0.430 bits per heavy atom. The van der Waals surface area contributed by atoms with Crippen LogP contribution in [0.25, 0.3) is 0 Å². The molecule has 1 saturated heterocycles. The minimum absolute atomic E-state index is 0.141. The number of carboxylic acids is 2. The lowest BCUT2D eigenvalue weighted by molar-refractivity contribution is -0.141. The van der Waals surface area contributed by atoms with Gasteiger partial charge in [0.25, 0.3) is 0 Å². The van der Waals surface area contributed by atoms with Gasteiger partial charge in [-0.2, -0.15) is 50.5 Å². The van der Waals surface area contributed by atoms with Crippen molar-refractivity contribution < 1.29 is 112 Å². The molecule has 17 atom stereocenters. The molecule has 1 aliphatic heterocycles. The van der Waals surface area contributed by atoms with Crippen LogP contribution in [0, 0.1) is 5.92 Å². The number of carbonyl (C=O) groups is 18. The predicted octanol–water partition coefficient (Wildman–Crippen LogP) is -9.11. The molecule has 40 nitrogen and oxygen atoms in total. The maximum absolute atomic E-state index is 13.9. The molecular weight excluding hydrogens is 1490 g/mol. The quantitative estimate of drug-likeness (QED) is 0.0270. The summed E-state index contributed by atoms with van der Waals surface area (Å²) in [5.74, 6) is -20.2. The molecule has 1 aromatic carbocycles. The highest BCUT2D eigenvalue weighted by Gasteiger charge is 2.37. The smallest absolute Gasteiger partial charge is 0.327 e. The number of thiol groups is 4. The summed E-state index contributed by atoms with van der Waals surface area (Å²) in [6.07, 6.45) is -3.03. The van der Waals surface area contributed by atoms with Gasteiger partial charge >= 0.3 is 11.9 Å². The fourth-order valence-electron chi connectivity index (χ4n) is 9.56. The van der Waals surface area contributed by atoms with Gasteiger partial charge in [0.2, 0.25) is 94.5 Å². The number of carboxylic acid groups (broad SMARTS) is 2. The Bertz CT molecular complexity index is 3320. The topological polar surface area (TPSA) is 613 Å². The van der Waals surface area contributed by atoms with Crippen molar-refractivity contribution in [3.63, 3.8) is 0 Å². The van der Waals surface area contributed by atoms with Crippen molar-refractivity contribution in [3.8, 4) is 5.75 Å². The number of aliphatic carboxylic acids is 2. The Morgan fingerprint density at radius 3 is 1.24 bits per heavy atom. The third kappa shape index (κ3) is 33.2. The lowest BCUT2D eigenvalue weighted by atomic mass is 9.97. The molecule has 1 aliphatic rings. The molecule has 0 aliphatic carbocycles. The average molecular weight is 1590 g/mol. The molecule has 0 spiro atoms. The summed E-state index contributed by atoms with van der Waals surface area (Å²) in [7, 11) is 0. The Labute approximate surface area is 637 Å². The Balaban J connectivity index is 2.09. The van der Waals surface area contributed by atoms with Crippen LogP contribution in [0.3, 0.4) is 0 Å². The van der Waals surface area contributed by atoms with Gasteiger partial charge in [-0.15, -0.1) is 0 Å². The second kappa shape index (κ2) is 47.4. The molecule has 0 saturated carbocycles. The normalized spacial score (nSPS) is 16.9. The van der Waals surface area contributed by atoms with Crippen LogP contribution in [0.4, 0.5) is 0 Å². The van der Waals surface area contributed by atoms with Crippen LogP contribution in [0.5, 0.6) is 5.75 Å². The van der Waals surface area contributed by atoms with Crippen LogP contribution in [-0.2, 0) is 92.7 Å². The summed E-state index contributed by atoms with van der Waals surface area (Å²) < 4.78 is 0. The lowest BCUT2D eigenvalue weighted by Crippen LogP contribution is -2.61. The van der Waals surface area contributed by atoms with Crippen molar-refractivity contribution in [2.24, 2.45) is 5.92 Å². The third-order valence-corrected chi connectivity index (χ3v) is 17.6. The molecule has 0 bridgehead atoms. The fourth-order valence-corrected chi connectivity index (χ4v) is 10.6. The second-order valence-electron chi connectivity index (χ2n) is 25.0. The lowest BCUT2D eigenvalue weighted by Gasteiger charge is -2.28. The highest BCUT2D eigenvalue weighted by atomic mass is 32.1. The zero-order valence-electron chi connectivity index (χ0n) is 59.9. The monoisotopic (exact) mass is 1590 g/mol. The number of aliphatic hydroxyl groups is 2. The highest BCUT2D eigenvalue weighted by Crippen LogP contribution is 2.14. The number of phenolic OH excluding ortho intramolecular Hbond substituents is 1. The van der Waals surface area contributed by atoms with Crippen molar-refractivity contribution in [1.29, 1.82) is 0 Å². The Hall–Kier alpha value is -9.24. The van der Waals surface area contributed by atoms with Crippen LogP contribution in [0.15, 0.2) is 24.3 Å². The van der Waals surface area contributed by atoms with E-state index < -0.39 is 247 Å². The molecule has 1 fully saturated rings. The van der Waals surface area contributed by atoms with E-state index in [-0.39, 0.29) is 35.8 Å². The molecule has 0 aromatic heterocycles. The molecule has 16 amide bonds. The summed E-state index contributed by atoms with van der Waals surface area (Å²) in [5.41, 5.74) is 0.391. The van der Waals surface area contributed by atoms with Crippen LogP contribution >= 0.6 is 50.5 Å². The summed E-state index contributed by atoms with van der Waals surface area (Å²) in [4.78, 5) is 235. The van der Waals surface area contributed by atoms with Gasteiger partial charge in [-0.25, -0.2) is 4.79 Å². The van der Waals surface area contributed by atoms with Gasteiger partial charge in [0, 0.05) is 35.9 Å². The molecule has 44 heteroatoms. The van der Waals surface area contributed by atoms with Gasteiger partial charge in [0.15, 0.2) is 0 Å². The number of benzene rings is 1. The maximum atomic E-state index is 13.9. The predicted molar refractivity (Wildman–Crippen MR) is 392 cm³/mol. The number of hydrogen-bond donors (Lipinski definition) is 26. The number of aliphatic hydroxyl groups excluding tert-OH is 2. The fraction of sp³-hybridized carbons (Fsp3) is 0.619. The van der Waals surface area contributed by atoms with E-state index >= 15 is 0 Å². The Morgan fingerprint density at radius 2 is 0.794 bits per heavy atom. The minimum atomic E-state index is -1.69. The number of carbonyl (C=O) groups excluding carboxylic acids is 16. The molecule has 1 heterocycles. The molecule has 1 aromatic rings. The maximum Gasteiger partial charge on any atom is 0.327 e. The molecule has 598 valence electrons. The molecule has 22 N–H and O–H groups in total.